The van der Waals surface area contributed by atoms with Gasteiger partial charge >= 0.3 is 0 Å². The van der Waals surface area contributed by atoms with Crippen LogP contribution in [0.3, 0.4) is 0 Å². The van der Waals surface area contributed by atoms with Gasteiger partial charge in [0.2, 0.25) is 0 Å². The Morgan fingerprint density at radius 3 is 1.20 bits per heavy atom. The van der Waals surface area contributed by atoms with Crippen LogP contribution >= 0.6 is 0 Å². The highest BCUT2D eigenvalue weighted by Crippen LogP contribution is 2.51. The van der Waals surface area contributed by atoms with Crippen molar-refractivity contribution in [2.45, 2.75) is 19.3 Å². The number of hydrogen-bond acceptors (Lipinski definition) is 0. The van der Waals surface area contributed by atoms with Gasteiger partial charge in [0.15, 0.2) is 0 Å². The minimum Gasteiger partial charge on any atom is -0.0622 e. The maximum Gasteiger partial charge on any atom is 0.0159 e. The number of hydrogen-bond donors (Lipinski definition) is 0. The van der Waals surface area contributed by atoms with Gasteiger partial charge in [-0.05, 0) is 112 Å². The summed E-state index contributed by atoms with van der Waals surface area (Å²) in [6.45, 7) is 4.74. The second kappa shape index (κ2) is 9.78. The molecule has 0 saturated heterocycles. The summed E-state index contributed by atoms with van der Waals surface area (Å²) in [5, 5.41) is 8.25. The van der Waals surface area contributed by atoms with Gasteiger partial charge in [0, 0.05) is 5.41 Å². The maximum atomic E-state index is 2.41. The molecule has 0 radical (unpaired) electrons. The van der Waals surface area contributed by atoms with E-state index in [-0.39, 0.29) is 5.41 Å². The van der Waals surface area contributed by atoms with Crippen LogP contribution in [0.5, 0.6) is 0 Å². The fourth-order valence-electron chi connectivity index (χ4n) is 7.73. The molecule has 0 saturated carbocycles. The summed E-state index contributed by atoms with van der Waals surface area (Å²) in [5.74, 6) is 0. The molecule has 8 aromatic rings. The van der Waals surface area contributed by atoms with Crippen molar-refractivity contribution in [3.8, 4) is 44.5 Å². The van der Waals surface area contributed by atoms with Crippen molar-refractivity contribution in [3.63, 3.8) is 0 Å². The second-order valence-electron chi connectivity index (χ2n) is 13.0. The van der Waals surface area contributed by atoms with Crippen molar-refractivity contribution < 1.29 is 0 Å². The molecule has 0 aliphatic heterocycles. The first-order valence-corrected chi connectivity index (χ1v) is 15.9. The van der Waals surface area contributed by atoms with Crippen LogP contribution in [-0.4, -0.2) is 0 Å². The van der Waals surface area contributed by atoms with E-state index in [9.17, 15) is 0 Å². The molecule has 0 fully saturated rings. The van der Waals surface area contributed by atoms with Crippen molar-refractivity contribution in [2.75, 3.05) is 0 Å². The third-order valence-corrected chi connectivity index (χ3v) is 10.0. The Morgan fingerprint density at radius 1 is 0.289 bits per heavy atom. The van der Waals surface area contributed by atoms with Crippen LogP contribution in [0.15, 0.2) is 158 Å². The summed E-state index contributed by atoms with van der Waals surface area (Å²) in [4.78, 5) is 0. The average molecular weight is 573 g/mol. The lowest BCUT2D eigenvalue weighted by Crippen LogP contribution is -2.14. The SMILES string of the molecule is CC1(C)c2cccc3c4ccc(-c5cccc(-c6cccc(-c7cccc(-c8ccccc8)c7)c6)c5)cc4c4cccc1c4c23. The monoisotopic (exact) mass is 572 g/mol. The smallest absolute Gasteiger partial charge is 0.0159 e. The van der Waals surface area contributed by atoms with E-state index in [1.807, 2.05) is 0 Å². The van der Waals surface area contributed by atoms with E-state index in [4.69, 9.17) is 0 Å². The fourth-order valence-corrected chi connectivity index (χ4v) is 7.73. The van der Waals surface area contributed by atoms with Gasteiger partial charge in [-0.25, -0.2) is 0 Å². The topological polar surface area (TPSA) is 0 Å². The molecule has 1 aliphatic carbocycles. The molecule has 8 aromatic carbocycles. The van der Waals surface area contributed by atoms with E-state index < -0.39 is 0 Å². The Hall–Kier alpha value is -5.46. The molecule has 9 rings (SSSR count). The van der Waals surface area contributed by atoms with Gasteiger partial charge < -0.3 is 0 Å². The first-order valence-electron chi connectivity index (χ1n) is 15.9. The summed E-state index contributed by atoms with van der Waals surface area (Å²) in [7, 11) is 0. The minimum atomic E-state index is 0.00723. The van der Waals surface area contributed by atoms with Gasteiger partial charge in [-0.15, -0.1) is 0 Å². The zero-order chi connectivity index (χ0) is 30.1. The van der Waals surface area contributed by atoms with Crippen molar-refractivity contribution in [3.05, 3.63) is 169 Å². The molecule has 0 atom stereocenters. The molecule has 212 valence electrons. The zero-order valence-electron chi connectivity index (χ0n) is 25.5. The number of fused-ring (bicyclic) bond motifs is 3. The van der Waals surface area contributed by atoms with Crippen LogP contribution in [0.2, 0.25) is 0 Å². The highest BCUT2D eigenvalue weighted by molar-refractivity contribution is 6.29. The molecule has 0 heterocycles. The summed E-state index contributed by atoms with van der Waals surface area (Å²) in [5.41, 5.74) is 12.7. The molecular formula is C45H32. The van der Waals surface area contributed by atoms with Crippen molar-refractivity contribution in [2.24, 2.45) is 0 Å². The maximum absolute atomic E-state index is 2.41. The Bertz CT molecular complexity index is 2440. The molecule has 0 aromatic heterocycles. The predicted octanol–water partition coefficient (Wildman–Crippen LogP) is 12.5. The first-order chi connectivity index (χ1) is 22.1. The molecule has 0 N–H and O–H groups in total. The van der Waals surface area contributed by atoms with E-state index in [2.05, 4.69) is 172 Å². The standard InChI is InChI=1S/C45H32/c1-45(2)41-21-9-19-38-37-24-23-36(28-40(37)39-20-10-22-42(45)44(39)43(38)41)35-18-8-17-34(27-35)33-16-7-15-32(26-33)31-14-6-13-30(25-31)29-11-4-3-5-12-29/h3-28H,1-2H3. The lowest BCUT2D eigenvalue weighted by atomic mass is 9.82. The first kappa shape index (κ1) is 26.0. The van der Waals surface area contributed by atoms with E-state index in [1.54, 1.807) is 0 Å². The van der Waals surface area contributed by atoms with E-state index in [0.717, 1.165) is 0 Å². The van der Waals surface area contributed by atoms with Gasteiger partial charge in [-0.1, -0.05) is 147 Å². The van der Waals surface area contributed by atoms with Crippen LogP contribution in [0, 0.1) is 0 Å². The Balaban J connectivity index is 1.14. The van der Waals surface area contributed by atoms with Crippen LogP contribution in [-0.2, 0) is 5.41 Å². The Morgan fingerprint density at radius 2 is 0.689 bits per heavy atom. The molecule has 0 nitrogen and oxygen atoms in total. The molecule has 0 unspecified atom stereocenters. The van der Waals surface area contributed by atoms with Gasteiger partial charge in [-0.2, -0.15) is 0 Å². The highest BCUT2D eigenvalue weighted by atomic mass is 14.4. The highest BCUT2D eigenvalue weighted by Gasteiger charge is 2.34. The van der Waals surface area contributed by atoms with Gasteiger partial charge in [0.25, 0.3) is 0 Å². The average Bonchev–Trinajstić information content (AvgIpc) is 3.35. The molecule has 0 bridgehead atoms. The third kappa shape index (κ3) is 3.99. The molecule has 0 heteroatoms. The van der Waals surface area contributed by atoms with Crippen LogP contribution in [0.1, 0.15) is 25.0 Å². The second-order valence-corrected chi connectivity index (χ2v) is 13.0. The van der Waals surface area contributed by atoms with Gasteiger partial charge in [-0.3, -0.25) is 0 Å². The van der Waals surface area contributed by atoms with Gasteiger partial charge in [0.1, 0.15) is 0 Å². The lowest BCUT2D eigenvalue weighted by molar-refractivity contribution is 0.663. The van der Waals surface area contributed by atoms with Crippen LogP contribution in [0.25, 0.3) is 76.8 Å². The summed E-state index contributed by atoms with van der Waals surface area (Å²) in [6.07, 6.45) is 0. The van der Waals surface area contributed by atoms with E-state index >= 15 is 0 Å². The van der Waals surface area contributed by atoms with Crippen LogP contribution in [0.4, 0.5) is 0 Å². The third-order valence-electron chi connectivity index (χ3n) is 10.0. The van der Waals surface area contributed by atoms with E-state index in [1.165, 1.54) is 88.0 Å². The molecule has 0 amide bonds. The van der Waals surface area contributed by atoms with Crippen molar-refractivity contribution >= 4 is 32.3 Å². The molecule has 0 spiro atoms. The quantitative estimate of drug-likeness (QED) is 0.184. The summed E-state index contributed by atoms with van der Waals surface area (Å²) >= 11 is 0. The van der Waals surface area contributed by atoms with Crippen LogP contribution < -0.4 is 0 Å². The minimum absolute atomic E-state index is 0.00723. The largest absolute Gasteiger partial charge is 0.0622 e. The van der Waals surface area contributed by atoms with E-state index in [0.29, 0.717) is 0 Å². The Labute approximate surface area is 264 Å². The zero-order valence-corrected chi connectivity index (χ0v) is 25.5. The lowest BCUT2D eigenvalue weighted by Gasteiger charge is -2.21. The number of benzene rings is 8. The Kier molecular flexibility index (Phi) is 5.64. The fraction of sp³-hybridized carbons (Fsp3) is 0.0667. The molecular weight excluding hydrogens is 540 g/mol. The number of rotatable bonds is 4. The van der Waals surface area contributed by atoms with Crippen molar-refractivity contribution in [1.82, 2.24) is 0 Å². The summed E-state index contributed by atoms with van der Waals surface area (Å²) < 4.78 is 0. The molecule has 45 heavy (non-hydrogen) atoms. The van der Waals surface area contributed by atoms with Crippen molar-refractivity contribution in [1.29, 1.82) is 0 Å². The summed E-state index contributed by atoms with van der Waals surface area (Å²) in [6, 6.07) is 58.2. The predicted molar refractivity (Wildman–Crippen MR) is 193 cm³/mol. The normalized spacial score (nSPS) is 13.3. The molecule has 1 aliphatic rings. The van der Waals surface area contributed by atoms with Gasteiger partial charge in [0.05, 0.1) is 0 Å².